The minimum atomic E-state index is -0.536. The summed E-state index contributed by atoms with van der Waals surface area (Å²) in [5, 5.41) is 0. The smallest absolute Gasteiger partial charge is 0.243 e. The van der Waals surface area contributed by atoms with Gasteiger partial charge >= 0.3 is 0 Å². The molecule has 2 saturated carbocycles. The van der Waals surface area contributed by atoms with E-state index in [1.165, 1.54) is 11.1 Å². The molecule has 3 nitrogen and oxygen atoms in total. The monoisotopic (exact) mass is 258 g/mol. The van der Waals surface area contributed by atoms with Crippen LogP contribution in [0.4, 0.5) is 0 Å². The van der Waals surface area contributed by atoms with Gasteiger partial charge in [-0.05, 0) is 43.2 Å². The van der Waals surface area contributed by atoms with Gasteiger partial charge in [-0.15, -0.1) is 0 Å². The third-order valence-corrected chi connectivity index (χ3v) is 4.25. The van der Waals surface area contributed by atoms with Crippen molar-refractivity contribution in [2.75, 3.05) is 0 Å². The maximum Gasteiger partial charge on any atom is 0.243 e. The number of hydrogen-bond acceptors (Lipinski definition) is 2. The van der Waals surface area contributed by atoms with E-state index in [-0.39, 0.29) is 5.91 Å². The van der Waals surface area contributed by atoms with Crippen LogP contribution in [0.2, 0.25) is 0 Å². The van der Waals surface area contributed by atoms with Crippen LogP contribution in [0.3, 0.4) is 0 Å². The van der Waals surface area contributed by atoms with Gasteiger partial charge < -0.3 is 10.6 Å². The minimum absolute atomic E-state index is 0.162. The van der Waals surface area contributed by atoms with Crippen LogP contribution in [0.5, 0.6) is 0 Å². The summed E-state index contributed by atoms with van der Waals surface area (Å²) in [5.41, 5.74) is 8.08. The molecule has 1 aromatic carbocycles. The number of nitrogens with zero attached hydrogens (tertiary/aromatic N) is 1. The Hall–Kier alpha value is -1.35. The summed E-state index contributed by atoms with van der Waals surface area (Å²) in [6.45, 7) is 2.87. The zero-order valence-corrected chi connectivity index (χ0v) is 11.6. The van der Waals surface area contributed by atoms with Gasteiger partial charge in [0.2, 0.25) is 5.91 Å². The Labute approximate surface area is 114 Å². The molecule has 1 amide bonds. The molecule has 19 heavy (non-hydrogen) atoms. The SMILES string of the molecule is CCc1ccc(CN(C(=O)C2(N)CC2)C2CC2)cc1. The molecule has 3 rings (SSSR count). The topological polar surface area (TPSA) is 46.3 Å². The van der Waals surface area contributed by atoms with Crippen molar-refractivity contribution in [2.24, 2.45) is 5.73 Å². The van der Waals surface area contributed by atoms with Crippen molar-refractivity contribution in [1.82, 2.24) is 4.90 Å². The van der Waals surface area contributed by atoms with Crippen LogP contribution in [0.15, 0.2) is 24.3 Å². The second kappa shape index (κ2) is 4.64. The van der Waals surface area contributed by atoms with Gasteiger partial charge in [0.1, 0.15) is 0 Å². The first-order valence-corrected chi connectivity index (χ1v) is 7.30. The molecule has 102 valence electrons. The zero-order valence-electron chi connectivity index (χ0n) is 11.6. The fourth-order valence-corrected chi connectivity index (χ4v) is 2.46. The van der Waals surface area contributed by atoms with E-state index in [4.69, 9.17) is 5.73 Å². The molecule has 0 spiro atoms. The van der Waals surface area contributed by atoms with Crippen LogP contribution >= 0.6 is 0 Å². The van der Waals surface area contributed by atoms with Crippen LogP contribution in [-0.2, 0) is 17.8 Å². The predicted molar refractivity (Wildman–Crippen MR) is 75.5 cm³/mol. The van der Waals surface area contributed by atoms with Crippen LogP contribution in [0.1, 0.15) is 43.7 Å². The Morgan fingerprint density at radius 1 is 1.26 bits per heavy atom. The fourth-order valence-electron chi connectivity index (χ4n) is 2.46. The quantitative estimate of drug-likeness (QED) is 0.880. The molecule has 2 aliphatic carbocycles. The van der Waals surface area contributed by atoms with Gasteiger partial charge in [0, 0.05) is 12.6 Å². The van der Waals surface area contributed by atoms with Gasteiger partial charge in [-0.2, -0.15) is 0 Å². The number of rotatable bonds is 5. The van der Waals surface area contributed by atoms with Crippen molar-refractivity contribution < 1.29 is 4.79 Å². The van der Waals surface area contributed by atoms with Crippen LogP contribution in [0.25, 0.3) is 0 Å². The van der Waals surface area contributed by atoms with Crippen LogP contribution in [0, 0.1) is 0 Å². The third-order valence-electron chi connectivity index (χ3n) is 4.25. The first-order chi connectivity index (χ1) is 9.12. The summed E-state index contributed by atoms with van der Waals surface area (Å²) in [6.07, 6.45) is 5.02. The lowest BCUT2D eigenvalue weighted by atomic mass is 10.1. The first kappa shape index (κ1) is 12.7. The number of aryl methyl sites for hydroxylation is 1. The average Bonchev–Trinajstić information content (AvgIpc) is 3.32. The second-order valence-corrected chi connectivity index (χ2v) is 5.99. The summed E-state index contributed by atoms with van der Waals surface area (Å²) in [7, 11) is 0. The van der Waals surface area contributed by atoms with Gasteiger partial charge in [0.15, 0.2) is 0 Å². The summed E-state index contributed by atoms with van der Waals surface area (Å²) in [6, 6.07) is 9.01. The Morgan fingerprint density at radius 3 is 2.32 bits per heavy atom. The Balaban J connectivity index is 1.72. The maximum atomic E-state index is 12.4. The highest BCUT2D eigenvalue weighted by Crippen LogP contribution is 2.38. The van der Waals surface area contributed by atoms with Crippen molar-refractivity contribution >= 4 is 5.91 Å². The van der Waals surface area contributed by atoms with Gasteiger partial charge in [0.05, 0.1) is 5.54 Å². The van der Waals surface area contributed by atoms with E-state index in [0.717, 1.165) is 32.1 Å². The summed E-state index contributed by atoms with van der Waals surface area (Å²) in [4.78, 5) is 14.4. The number of nitrogens with two attached hydrogens (primary N) is 1. The number of hydrogen-bond donors (Lipinski definition) is 1. The van der Waals surface area contributed by atoms with E-state index in [1.807, 2.05) is 4.90 Å². The Morgan fingerprint density at radius 2 is 1.84 bits per heavy atom. The van der Waals surface area contributed by atoms with Gasteiger partial charge in [-0.25, -0.2) is 0 Å². The molecule has 0 bridgehead atoms. The molecular formula is C16H22N2O. The fraction of sp³-hybridized carbons (Fsp3) is 0.562. The summed E-state index contributed by atoms with van der Waals surface area (Å²) < 4.78 is 0. The Bertz CT molecular complexity index is 472. The van der Waals surface area contributed by atoms with Gasteiger partial charge in [-0.1, -0.05) is 31.2 Å². The molecule has 0 unspecified atom stereocenters. The van der Waals surface area contributed by atoms with Crippen molar-refractivity contribution in [3.05, 3.63) is 35.4 Å². The van der Waals surface area contributed by atoms with Gasteiger partial charge in [0.25, 0.3) is 0 Å². The third kappa shape index (κ3) is 2.66. The number of carbonyl (C=O) groups is 1. The van der Waals surface area contributed by atoms with Crippen LogP contribution in [-0.4, -0.2) is 22.4 Å². The number of carbonyl (C=O) groups excluding carboxylic acids is 1. The van der Waals surface area contributed by atoms with Gasteiger partial charge in [-0.3, -0.25) is 4.79 Å². The molecule has 2 N–H and O–H groups in total. The maximum absolute atomic E-state index is 12.4. The average molecular weight is 258 g/mol. The van der Waals surface area contributed by atoms with Crippen molar-refractivity contribution in [3.8, 4) is 0 Å². The predicted octanol–water partition coefficient (Wildman–Crippen LogP) is 2.23. The van der Waals surface area contributed by atoms with Crippen LogP contribution < -0.4 is 5.73 Å². The van der Waals surface area contributed by atoms with E-state index in [9.17, 15) is 4.79 Å². The zero-order chi connectivity index (χ0) is 13.5. The molecule has 3 heteroatoms. The first-order valence-electron chi connectivity index (χ1n) is 7.30. The molecule has 0 atom stereocenters. The van der Waals surface area contributed by atoms with E-state index in [0.29, 0.717) is 12.6 Å². The molecule has 2 fully saturated rings. The Kier molecular flexibility index (Phi) is 3.09. The van der Waals surface area contributed by atoms with Crippen molar-refractivity contribution in [2.45, 2.75) is 57.2 Å². The number of benzene rings is 1. The standard InChI is InChI=1S/C16H22N2O/c1-2-12-3-5-13(6-4-12)11-18(14-7-8-14)15(19)16(17)9-10-16/h3-6,14H,2,7-11,17H2,1H3. The highest BCUT2D eigenvalue weighted by Gasteiger charge is 2.50. The van der Waals surface area contributed by atoms with Crippen molar-refractivity contribution in [1.29, 1.82) is 0 Å². The largest absolute Gasteiger partial charge is 0.334 e. The summed E-state index contributed by atoms with van der Waals surface area (Å²) in [5.74, 6) is 0.162. The molecule has 0 aromatic heterocycles. The molecule has 0 saturated heterocycles. The van der Waals surface area contributed by atoms with Crippen molar-refractivity contribution in [3.63, 3.8) is 0 Å². The lowest BCUT2D eigenvalue weighted by Crippen LogP contribution is -2.46. The summed E-state index contributed by atoms with van der Waals surface area (Å²) >= 11 is 0. The van der Waals surface area contributed by atoms with E-state index < -0.39 is 5.54 Å². The highest BCUT2D eigenvalue weighted by molar-refractivity contribution is 5.89. The van der Waals surface area contributed by atoms with E-state index in [2.05, 4.69) is 31.2 Å². The normalized spacial score (nSPS) is 20.1. The van der Waals surface area contributed by atoms with E-state index >= 15 is 0 Å². The molecular weight excluding hydrogens is 236 g/mol. The minimum Gasteiger partial charge on any atom is -0.334 e. The molecule has 0 radical (unpaired) electrons. The molecule has 0 heterocycles. The highest BCUT2D eigenvalue weighted by atomic mass is 16.2. The second-order valence-electron chi connectivity index (χ2n) is 5.99. The molecule has 0 aliphatic heterocycles. The lowest BCUT2D eigenvalue weighted by Gasteiger charge is -2.25. The number of amides is 1. The lowest BCUT2D eigenvalue weighted by molar-refractivity contribution is -0.134. The molecule has 1 aromatic rings. The molecule has 2 aliphatic rings. The van der Waals surface area contributed by atoms with E-state index in [1.54, 1.807) is 0 Å².